The van der Waals surface area contributed by atoms with Crippen molar-refractivity contribution in [1.82, 2.24) is 4.57 Å². The van der Waals surface area contributed by atoms with E-state index in [4.69, 9.17) is 19.2 Å². The predicted molar refractivity (Wildman–Crippen MR) is 155 cm³/mol. The highest BCUT2D eigenvalue weighted by molar-refractivity contribution is 9.10. The van der Waals surface area contributed by atoms with Crippen LogP contribution in [-0.4, -0.2) is 31.4 Å². The fourth-order valence-corrected chi connectivity index (χ4v) is 6.03. The summed E-state index contributed by atoms with van der Waals surface area (Å²) in [5.41, 5.74) is 2.86. The molecule has 198 valence electrons. The molecule has 4 aromatic rings. The first-order valence-electron chi connectivity index (χ1n) is 12.2. The number of esters is 1. The van der Waals surface area contributed by atoms with Crippen LogP contribution in [0.2, 0.25) is 0 Å². The molecular formula is C30H25BrN2O5S. The normalized spacial score (nSPS) is 15.0. The lowest BCUT2D eigenvalue weighted by Crippen LogP contribution is -2.40. The van der Waals surface area contributed by atoms with E-state index >= 15 is 0 Å². The molecule has 2 heterocycles. The van der Waals surface area contributed by atoms with Crippen LogP contribution in [0.1, 0.15) is 29.7 Å². The molecule has 1 aromatic heterocycles. The molecule has 39 heavy (non-hydrogen) atoms. The minimum absolute atomic E-state index is 0.191. The Hall–Kier alpha value is -3.95. The molecule has 1 atom stereocenters. The highest BCUT2D eigenvalue weighted by atomic mass is 79.9. The van der Waals surface area contributed by atoms with Crippen LogP contribution in [0, 0.1) is 0 Å². The van der Waals surface area contributed by atoms with Gasteiger partial charge < -0.3 is 14.2 Å². The molecule has 0 radical (unpaired) electrons. The lowest BCUT2D eigenvalue weighted by atomic mass is 9.93. The van der Waals surface area contributed by atoms with Crippen molar-refractivity contribution in [3.8, 4) is 11.5 Å². The van der Waals surface area contributed by atoms with E-state index in [1.165, 1.54) is 11.3 Å². The maximum Gasteiger partial charge on any atom is 0.338 e. The van der Waals surface area contributed by atoms with Gasteiger partial charge in [0.05, 0.1) is 47.1 Å². The molecule has 0 saturated carbocycles. The van der Waals surface area contributed by atoms with Gasteiger partial charge >= 0.3 is 5.97 Å². The SMILES string of the molecule is CCOC(=O)C1=C(c2ccccc2)N=c2s/c(=C\c3ccc(OC)c(Br)c3)c(=O)n2C1c1ccc(OC)cc1. The van der Waals surface area contributed by atoms with Crippen molar-refractivity contribution in [2.45, 2.75) is 13.0 Å². The van der Waals surface area contributed by atoms with E-state index in [1.807, 2.05) is 78.9 Å². The quantitative estimate of drug-likeness (QED) is 0.285. The van der Waals surface area contributed by atoms with Crippen LogP contribution in [-0.2, 0) is 9.53 Å². The van der Waals surface area contributed by atoms with E-state index in [9.17, 15) is 9.59 Å². The molecule has 0 N–H and O–H groups in total. The van der Waals surface area contributed by atoms with Crippen molar-refractivity contribution < 1.29 is 19.0 Å². The van der Waals surface area contributed by atoms with Crippen molar-refractivity contribution in [2.24, 2.45) is 4.99 Å². The average Bonchev–Trinajstić information content (AvgIpc) is 3.27. The van der Waals surface area contributed by atoms with Gasteiger partial charge in [0.15, 0.2) is 4.80 Å². The van der Waals surface area contributed by atoms with Crippen LogP contribution in [0.3, 0.4) is 0 Å². The first kappa shape index (κ1) is 26.6. The van der Waals surface area contributed by atoms with Crippen LogP contribution in [0.5, 0.6) is 11.5 Å². The van der Waals surface area contributed by atoms with Gasteiger partial charge in [-0.3, -0.25) is 9.36 Å². The fraction of sp³-hybridized carbons (Fsp3) is 0.167. The molecule has 9 heteroatoms. The molecule has 1 unspecified atom stereocenters. The van der Waals surface area contributed by atoms with Crippen LogP contribution < -0.4 is 24.4 Å². The first-order chi connectivity index (χ1) is 18.9. The minimum atomic E-state index is -0.744. The third kappa shape index (κ3) is 5.20. The van der Waals surface area contributed by atoms with Gasteiger partial charge in [-0.05, 0) is 64.3 Å². The Balaban J connectivity index is 1.79. The third-order valence-corrected chi connectivity index (χ3v) is 7.88. The van der Waals surface area contributed by atoms with Gasteiger partial charge in [-0.2, -0.15) is 0 Å². The third-order valence-electron chi connectivity index (χ3n) is 6.28. The summed E-state index contributed by atoms with van der Waals surface area (Å²) < 4.78 is 19.0. The Morgan fingerprint density at radius 3 is 2.44 bits per heavy atom. The van der Waals surface area contributed by atoms with E-state index in [0.29, 0.717) is 32.1 Å². The summed E-state index contributed by atoms with van der Waals surface area (Å²) in [4.78, 5) is 32.8. The first-order valence-corrected chi connectivity index (χ1v) is 13.8. The summed E-state index contributed by atoms with van der Waals surface area (Å²) >= 11 is 4.78. The van der Waals surface area contributed by atoms with Crippen LogP contribution in [0.4, 0.5) is 0 Å². The van der Waals surface area contributed by atoms with E-state index in [0.717, 1.165) is 21.2 Å². The van der Waals surface area contributed by atoms with Gasteiger partial charge in [-0.15, -0.1) is 0 Å². The number of ether oxygens (including phenoxy) is 3. The van der Waals surface area contributed by atoms with Crippen LogP contribution in [0.15, 0.2) is 92.6 Å². The van der Waals surface area contributed by atoms with Crippen molar-refractivity contribution >= 4 is 45.0 Å². The Morgan fingerprint density at radius 2 is 1.79 bits per heavy atom. The Kier molecular flexibility index (Phi) is 7.81. The molecule has 5 rings (SSSR count). The molecule has 7 nitrogen and oxygen atoms in total. The molecule has 0 bridgehead atoms. The lowest BCUT2D eigenvalue weighted by Gasteiger charge is -2.26. The topological polar surface area (TPSA) is 79.1 Å². The second-order valence-electron chi connectivity index (χ2n) is 8.60. The molecule has 3 aromatic carbocycles. The van der Waals surface area contributed by atoms with E-state index < -0.39 is 12.0 Å². The number of methoxy groups -OCH3 is 2. The Labute approximate surface area is 237 Å². The smallest absolute Gasteiger partial charge is 0.338 e. The zero-order valence-corrected chi connectivity index (χ0v) is 23.9. The summed E-state index contributed by atoms with van der Waals surface area (Å²) in [5, 5.41) is 0. The van der Waals surface area contributed by atoms with Gasteiger partial charge in [0.1, 0.15) is 11.5 Å². The van der Waals surface area contributed by atoms with Crippen molar-refractivity contribution in [2.75, 3.05) is 20.8 Å². The van der Waals surface area contributed by atoms with Crippen LogP contribution >= 0.6 is 27.3 Å². The molecular weight excluding hydrogens is 580 g/mol. The number of aromatic nitrogens is 1. The number of nitrogens with zero attached hydrogens (tertiary/aromatic N) is 2. The summed E-state index contributed by atoms with van der Waals surface area (Å²) in [7, 11) is 3.19. The summed E-state index contributed by atoms with van der Waals surface area (Å²) in [6.45, 7) is 1.95. The number of carbonyl (C=O) groups is 1. The van der Waals surface area contributed by atoms with Gasteiger partial charge in [0.25, 0.3) is 5.56 Å². The number of rotatable bonds is 7. The lowest BCUT2D eigenvalue weighted by molar-refractivity contribution is -0.138. The number of halogens is 1. The zero-order chi connectivity index (χ0) is 27.5. The van der Waals surface area contributed by atoms with Crippen LogP contribution in [0.25, 0.3) is 11.8 Å². The molecule has 0 amide bonds. The zero-order valence-electron chi connectivity index (χ0n) is 21.5. The maximum atomic E-state index is 13.9. The van der Waals surface area contributed by atoms with Crippen molar-refractivity contribution in [3.05, 3.63) is 119 Å². The van der Waals surface area contributed by atoms with E-state index in [1.54, 1.807) is 25.7 Å². The summed E-state index contributed by atoms with van der Waals surface area (Å²) in [5.74, 6) is 0.843. The number of benzene rings is 3. The minimum Gasteiger partial charge on any atom is -0.497 e. The molecule has 0 aliphatic carbocycles. The van der Waals surface area contributed by atoms with Gasteiger partial charge in [0, 0.05) is 5.56 Å². The maximum absolute atomic E-state index is 13.9. The molecule has 0 saturated heterocycles. The molecule has 0 spiro atoms. The predicted octanol–water partition coefficient (Wildman–Crippen LogP) is 4.72. The highest BCUT2D eigenvalue weighted by Crippen LogP contribution is 2.35. The summed E-state index contributed by atoms with van der Waals surface area (Å²) in [6, 6.07) is 21.7. The number of thiazole rings is 1. The molecule has 1 aliphatic rings. The average molecular weight is 606 g/mol. The standard InChI is InChI=1S/C30H25BrN2O5S/c1-4-38-29(35)25-26(19-8-6-5-7-9-19)32-30-33(27(25)20-11-13-21(36-2)14-12-20)28(34)24(39-30)17-18-10-15-23(37-3)22(31)16-18/h5-17,27H,4H2,1-3H3/b24-17-. The molecule has 0 fully saturated rings. The second kappa shape index (κ2) is 11.4. The molecule has 1 aliphatic heterocycles. The van der Waals surface area contributed by atoms with Gasteiger partial charge in [0.2, 0.25) is 0 Å². The monoisotopic (exact) mass is 604 g/mol. The van der Waals surface area contributed by atoms with Gasteiger partial charge in [-0.25, -0.2) is 9.79 Å². The fourth-order valence-electron chi connectivity index (χ4n) is 4.47. The number of hydrogen-bond donors (Lipinski definition) is 0. The van der Waals surface area contributed by atoms with Crippen molar-refractivity contribution in [1.29, 1.82) is 0 Å². The van der Waals surface area contributed by atoms with E-state index in [2.05, 4.69) is 15.9 Å². The second-order valence-corrected chi connectivity index (χ2v) is 10.5. The number of hydrogen-bond acceptors (Lipinski definition) is 7. The number of carbonyl (C=O) groups excluding carboxylic acids is 1. The van der Waals surface area contributed by atoms with Crippen molar-refractivity contribution in [3.63, 3.8) is 0 Å². The summed E-state index contributed by atoms with van der Waals surface area (Å²) in [6.07, 6.45) is 1.81. The Bertz CT molecular complexity index is 1740. The highest BCUT2D eigenvalue weighted by Gasteiger charge is 2.35. The largest absolute Gasteiger partial charge is 0.497 e. The number of fused-ring (bicyclic) bond motifs is 1. The van der Waals surface area contributed by atoms with E-state index in [-0.39, 0.29) is 12.2 Å². The Morgan fingerprint density at radius 1 is 1.05 bits per heavy atom. The van der Waals surface area contributed by atoms with Gasteiger partial charge in [-0.1, -0.05) is 59.9 Å².